The van der Waals surface area contributed by atoms with E-state index >= 15 is 0 Å². The maximum absolute atomic E-state index is 13.2. The van der Waals surface area contributed by atoms with E-state index in [2.05, 4.69) is 19.9 Å². The molecule has 4 heterocycles. The van der Waals surface area contributed by atoms with Gasteiger partial charge in [-0.05, 0) is 42.7 Å². The van der Waals surface area contributed by atoms with Crippen LogP contribution in [0, 0.1) is 0 Å². The lowest BCUT2D eigenvalue weighted by molar-refractivity contribution is 0.0695. The smallest absolute Gasteiger partial charge is 0.341 e. The average molecular weight is 618 g/mol. The second-order valence-corrected chi connectivity index (χ2v) is 10.8. The number of nitrogens with zero attached hydrogens (tertiary/aromatic N) is 5. The molecule has 2 aromatic carbocycles. The van der Waals surface area contributed by atoms with E-state index in [1.54, 1.807) is 24.4 Å². The standard InChI is InChI=1S/C31H25Cl2N5O5/c32-23-9-4-10-34-30(23)43-18-20-8-5-11-37(20)26-13-25-21(12-24(26)33)29(39)22(31(40)41)16-38(25)27-14-36-28(15-35-27)42-17-19-6-2-1-3-7-19/h1-4,6-7,9-10,12-16,20H,5,8,11,17-18H2,(H,40,41)/t20-/m1/s1. The van der Waals surface area contributed by atoms with Crippen LogP contribution in [-0.4, -0.2) is 49.8 Å². The fourth-order valence-electron chi connectivity index (χ4n) is 5.11. The number of aromatic nitrogens is 4. The normalized spacial score (nSPS) is 14.7. The van der Waals surface area contributed by atoms with Crippen molar-refractivity contribution in [2.45, 2.75) is 25.5 Å². The second-order valence-electron chi connectivity index (χ2n) is 9.95. The molecule has 0 spiro atoms. The third kappa shape index (κ3) is 5.97. The van der Waals surface area contributed by atoms with Gasteiger partial charge in [0, 0.05) is 24.3 Å². The van der Waals surface area contributed by atoms with Gasteiger partial charge in [-0.3, -0.25) is 9.36 Å². The number of halogens is 2. The summed E-state index contributed by atoms with van der Waals surface area (Å²) in [6.07, 6.45) is 7.54. The van der Waals surface area contributed by atoms with Crippen molar-refractivity contribution in [1.82, 2.24) is 19.5 Å². The van der Waals surface area contributed by atoms with E-state index in [0.717, 1.165) is 18.4 Å². The van der Waals surface area contributed by atoms with Crippen LogP contribution in [0.4, 0.5) is 5.69 Å². The average Bonchev–Trinajstić information content (AvgIpc) is 3.49. The number of hydrogen-bond donors (Lipinski definition) is 1. The van der Waals surface area contributed by atoms with E-state index in [-0.39, 0.29) is 11.4 Å². The van der Waals surface area contributed by atoms with Gasteiger partial charge in [-0.25, -0.2) is 19.7 Å². The molecule has 5 aromatic rings. The Bertz CT molecular complexity index is 1850. The number of carboxylic acid groups (broad SMARTS) is 1. The summed E-state index contributed by atoms with van der Waals surface area (Å²) in [5.41, 5.74) is 1.03. The predicted molar refractivity (Wildman–Crippen MR) is 163 cm³/mol. The molecule has 1 aliphatic rings. The maximum atomic E-state index is 13.2. The molecule has 6 rings (SSSR count). The first kappa shape index (κ1) is 28.4. The third-order valence-corrected chi connectivity index (χ3v) is 7.81. The number of ether oxygens (including phenoxy) is 2. The minimum absolute atomic E-state index is 0.0349. The number of benzene rings is 2. The Labute approximate surface area is 256 Å². The Hall–Kier alpha value is -4.67. The molecule has 43 heavy (non-hydrogen) atoms. The molecule has 0 amide bonds. The van der Waals surface area contributed by atoms with Gasteiger partial charge in [-0.15, -0.1) is 0 Å². The lowest BCUT2D eigenvalue weighted by Crippen LogP contribution is -2.34. The molecule has 0 bridgehead atoms. The van der Waals surface area contributed by atoms with Crippen LogP contribution in [0.25, 0.3) is 16.7 Å². The third-order valence-electron chi connectivity index (χ3n) is 7.22. The molecule has 1 aliphatic heterocycles. The number of carbonyl (C=O) groups is 1. The Morgan fingerprint density at radius 2 is 1.84 bits per heavy atom. The van der Waals surface area contributed by atoms with Gasteiger partial charge in [0.05, 0.1) is 34.7 Å². The summed E-state index contributed by atoms with van der Waals surface area (Å²) >= 11 is 13.0. The summed E-state index contributed by atoms with van der Waals surface area (Å²) in [6.45, 7) is 1.35. The van der Waals surface area contributed by atoms with E-state index in [1.807, 2.05) is 30.3 Å². The maximum Gasteiger partial charge on any atom is 0.341 e. The highest BCUT2D eigenvalue weighted by Gasteiger charge is 2.29. The van der Waals surface area contributed by atoms with Crippen LogP contribution < -0.4 is 19.8 Å². The van der Waals surface area contributed by atoms with Gasteiger partial charge in [0.25, 0.3) is 0 Å². The van der Waals surface area contributed by atoms with Crippen LogP contribution in [0.3, 0.4) is 0 Å². The van der Waals surface area contributed by atoms with E-state index in [4.69, 9.17) is 32.7 Å². The molecular weight excluding hydrogens is 593 g/mol. The number of carboxylic acids is 1. The zero-order valence-corrected chi connectivity index (χ0v) is 24.2. The van der Waals surface area contributed by atoms with Crippen LogP contribution in [0.15, 0.2) is 84.2 Å². The van der Waals surface area contributed by atoms with Crippen LogP contribution in [0.5, 0.6) is 11.8 Å². The van der Waals surface area contributed by atoms with Crippen molar-refractivity contribution >= 4 is 45.8 Å². The molecule has 3 aromatic heterocycles. The molecule has 1 fully saturated rings. The molecule has 1 atom stereocenters. The van der Waals surface area contributed by atoms with Crippen molar-refractivity contribution in [3.8, 4) is 17.6 Å². The zero-order valence-electron chi connectivity index (χ0n) is 22.7. The summed E-state index contributed by atoms with van der Waals surface area (Å²) in [6, 6.07) is 16.3. The molecule has 1 N–H and O–H groups in total. The Morgan fingerprint density at radius 3 is 2.58 bits per heavy atom. The first-order valence-corrected chi connectivity index (χ1v) is 14.3. The number of aromatic carboxylic acids is 1. The van der Waals surface area contributed by atoms with E-state index < -0.39 is 17.0 Å². The summed E-state index contributed by atoms with van der Waals surface area (Å²) in [5.74, 6) is -0.404. The van der Waals surface area contributed by atoms with Crippen LogP contribution in [-0.2, 0) is 6.61 Å². The summed E-state index contributed by atoms with van der Waals surface area (Å²) in [4.78, 5) is 40.4. The molecule has 218 valence electrons. The molecule has 0 aliphatic carbocycles. The molecule has 0 radical (unpaired) electrons. The molecule has 0 unspecified atom stereocenters. The van der Waals surface area contributed by atoms with Crippen LogP contribution in [0.1, 0.15) is 28.8 Å². The highest BCUT2D eigenvalue weighted by molar-refractivity contribution is 6.34. The largest absolute Gasteiger partial charge is 0.477 e. The van der Waals surface area contributed by atoms with Crippen LogP contribution in [0.2, 0.25) is 10.0 Å². The Morgan fingerprint density at radius 1 is 1.00 bits per heavy atom. The van der Waals surface area contributed by atoms with Gasteiger partial charge < -0.3 is 19.5 Å². The van der Waals surface area contributed by atoms with Crippen molar-refractivity contribution < 1.29 is 19.4 Å². The Balaban J connectivity index is 1.35. The number of anilines is 1. The predicted octanol–water partition coefficient (Wildman–Crippen LogP) is 5.81. The quantitative estimate of drug-likeness (QED) is 0.218. The lowest BCUT2D eigenvalue weighted by Gasteiger charge is -2.28. The zero-order chi connectivity index (χ0) is 29.9. The second kappa shape index (κ2) is 12.3. The molecule has 10 nitrogen and oxygen atoms in total. The first-order valence-electron chi connectivity index (χ1n) is 13.5. The molecule has 1 saturated heterocycles. The minimum Gasteiger partial charge on any atom is -0.477 e. The topological polar surface area (TPSA) is 120 Å². The van der Waals surface area contributed by atoms with Gasteiger partial charge in [0.15, 0.2) is 5.82 Å². The van der Waals surface area contributed by atoms with Gasteiger partial charge in [0.2, 0.25) is 17.2 Å². The summed E-state index contributed by atoms with van der Waals surface area (Å²) < 4.78 is 13.2. The fourth-order valence-corrected chi connectivity index (χ4v) is 5.56. The van der Waals surface area contributed by atoms with Crippen LogP contribution >= 0.6 is 23.2 Å². The van der Waals surface area contributed by atoms with E-state index in [1.165, 1.54) is 29.2 Å². The number of rotatable bonds is 9. The molecule has 0 saturated carbocycles. The number of pyridine rings is 2. The molecular formula is C31H25Cl2N5O5. The van der Waals surface area contributed by atoms with Gasteiger partial charge >= 0.3 is 5.97 Å². The fraction of sp³-hybridized carbons (Fsp3) is 0.194. The molecule has 12 heteroatoms. The van der Waals surface area contributed by atoms with Gasteiger partial charge in [-0.2, -0.15) is 0 Å². The van der Waals surface area contributed by atoms with Crippen molar-refractivity contribution in [3.05, 3.63) is 111 Å². The first-order chi connectivity index (χ1) is 20.9. The van der Waals surface area contributed by atoms with Crippen molar-refractivity contribution in [3.63, 3.8) is 0 Å². The monoisotopic (exact) mass is 617 g/mol. The lowest BCUT2D eigenvalue weighted by atomic mass is 10.1. The van der Waals surface area contributed by atoms with E-state index in [9.17, 15) is 14.7 Å². The van der Waals surface area contributed by atoms with E-state index in [0.29, 0.717) is 58.6 Å². The van der Waals surface area contributed by atoms with Gasteiger partial charge in [0.1, 0.15) is 23.8 Å². The highest BCUT2D eigenvalue weighted by atomic mass is 35.5. The summed E-state index contributed by atoms with van der Waals surface area (Å²) in [7, 11) is 0. The summed E-state index contributed by atoms with van der Waals surface area (Å²) in [5, 5.41) is 10.7. The van der Waals surface area contributed by atoms with Crippen molar-refractivity contribution in [2.24, 2.45) is 0 Å². The highest BCUT2D eigenvalue weighted by Crippen LogP contribution is 2.36. The SMILES string of the molecule is O=C(O)c1cn(-c2cnc(OCc3ccccc3)cn2)c2cc(N3CCC[C@@H]3COc3ncccc3Cl)c(Cl)cc2c1=O. The van der Waals surface area contributed by atoms with Crippen molar-refractivity contribution in [2.75, 3.05) is 18.1 Å². The Kier molecular flexibility index (Phi) is 8.13. The minimum atomic E-state index is -1.36. The number of hydrogen-bond acceptors (Lipinski definition) is 8. The number of fused-ring (bicyclic) bond motifs is 1. The van der Waals surface area contributed by atoms with Crippen molar-refractivity contribution in [1.29, 1.82) is 0 Å². The van der Waals surface area contributed by atoms with Gasteiger partial charge in [-0.1, -0.05) is 53.5 Å².